The second-order valence-corrected chi connectivity index (χ2v) is 10.2. The van der Waals surface area contributed by atoms with E-state index >= 15 is 0 Å². The van der Waals surface area contributed by atoms with E-state index in [2.05, 4.69) is 50.0 Å². The van der Waals surface area contributed by atoms with Gasteiger partial charge in [0.25, 0.3) is 0 Å². The van der Waals surface area contributed by atoms with Crippen LogP contribution in [0.4, 0.5) is 0 Å². The summed E-state index contributed by atoms with van der Waals surface area (Å²) in [6.07, 6.45) is 12.9. The van der Waals surface area contributed by atoms with E-state index in [0.29, 0.717) is 25.6 Å². The maximum atomic E-state index is 13.1. The van der Waals surface area contributed by atoms with Gasteiger partial charge in [0.1, 0.15) is 6.04 Å². The summed E-state index contributed by atoms with van der Waals surface area (Å²) in [6.45, 7) is 32.9. The predicted octanol–water partition coefficient (Wildman–Crippen LogP) is 9.89. The molecule has 2 amide bonds. The van der Waals surface area contributed by atoms with Crippen molar-refractivity contribution < 1.29 is 14.4 Å². The van der Waals surface area contributed by atoms with Crippen LogP contribution in [-0.2, 0) is 21.0 Å². The standard InChI is InChI=1S/C21H31N3O3.C4H11N.C4H8.C3H6.4C2H6/c25-16-22-20(18-10-5-2-6-11-18)21(26)24-13-7-12-19(24)14-23-27-15-17-8-3-1-4-9-17;1-4(2)5-3;1-3-4-2;1-3-2;4*1-2/h1,3-4,8-9,16,18-20,23H,2,5-7,10-15H2,(H,22,25);4-5H,1-3H3;3H,1,4H2,2H3;3H,1H2,2H3;4*1-2H3/t19?,20-;;;;;;;/m0......./s1. The number of nitrogens with one attached hydrogen (secondary N) is 3. The van der Waals surface area contributed by atoms with Gasteiger partial charge in [-0.2, -0.15) is 0 Å². The third-order valence-corrected chi connectivity index (χ3v) is 6.66. The van der Waals surface area contributed by atoms with E-state index in [0.717, 1.165) is 57.1 Å². The Balaban J connectivity index is -0.000000245. The third kappa shape index (κ3) is 31.9. The number of rotatable bonds is 11. The number of likely N-dealkylation sites (tertiary alicyclic amines) is 1. The van der Waals surface area contributed by atoms with Crippen LogP contribution in [0.1, 0.15) is 140 Å². The van der Waals surface area contributed by atoms with Crippen molar-refractivity contribution in [3.05, 3.63) is 61.2 Å². The number of hydrogen-bond acceptors (Lipinski definition) is 5. The highest BCUT2D eigenvalue weighted by molar-refractivity contribution is 5.84. The van der Waals surface area contributed by atoms with E-state index in [9.17, 15) is 9.59 Å². The zero-order valence-electron chi connectivity index (χ0n) is 33.3. The van der Waals surface area contributed by atoms with Crippen LogP contribution in [0.15, 0.2) is 55.6 Å². The maximum absolute atomic E-state index is 13.1. The zero-order chi connectivity index (χ0) is 37.3. The summed E-state index contributed by atoms with van der Waals surface area (Å²) in [5.41, 5.74) is 4.14. The summed E-state index contributed by atoms with van der Waals surface area (Å²) in [5, 5.41) is 5.84. The molecule has 2 aliphatic rings. The first-order valence-corrected chi connectivity index (χ1v) is 18.6. The predicted molar refractivity (Wildman–Crippen MR) is 209 cm³/mol. The van der Waals surface area contributed by atoms with Crippen LogP contribution < -0.4 is 16.1 Å². The largest absolute Gasteiger partial charge is 0.347 e. The molecule has 2 fully saturated rings. The molecule has 47 heavy (non-hydrogen) atoms. The summed E-state index contributed by atoms with van der Waals surface area (Å²) in [6, 6.07) is 10.4. The molecule has 1 saturated carbocycles. The number of carbonyl (C=O) groups is 2. The molecule has 1 aliphatic carbocycles. The topological polar surface area (TPSA) is 82.7 Å². The maximum Gasteiger partial charge on any atom is 0.245 e. The van der Waals surface area contributed by atoms with E-state index in [1.54, 1.807) is 6.08 Å². The van der Waals surface area contributed by atoms with Crippen LogP contribution in [0, 0.1) is 5.92 Å². The lowest BCUT2D eigenvalue weighted by atomic mass is 9.83. The molecule has 7 nitrogen and oxygen atoms in total. The molecule has 3 rings (SSSR count). The number of carbonyl (C=O) groups excluding carboxylic acids is 2. The van der Waals surface area contributed by atoms with Crippen LogP contribution in [0.5, 0.6) is 0 Å². The fourth-order valence-corrected chi connectivity index (χ4v) is 4.33. The van der Waals surface area contributed by atoms with Gasteiger partial charge in [-0.1, -0.05) is 138 Å². The van der Waals surface area contributed by atoms with Crippen LogP contribution in [0.3, 0.4) is 0 Å². The summed E-state index contributed by atoms with van der Waals surface area (Å²) in [7, 11) is 1.95. The summed E-state index contributed by atoms with van der Waals surface area (Å²) < 4.78 is 0. The van der Waals surface area contributed by atoms with Crippen molar-refractivity contribution in [2.45, 2.75) is 159 Å². The van der Waals surface area contributed by atoms with Crippen molar-refractivity contribution in [1.29, 1.82) is 0 Å². The monoisotopic (exact) mass is 665 g/mol. The van der Waals surface area contributed by atoms with E-state index in [-0.39, 0.29) is 23.9 Å². The van der Waals surface area contributed by atoms with Crippen LogP contribution in [0.25, 0.3) is 0 Å². The highest BCUT2D eigenvalue weighted by atomic mass is 16.6. The minimum absolute atomic E-state index is 0.0707. The van der Waals surface area contributed by atoms with Crippen LogP contribution in [0.2, 0.25) is 0 Å². The van der Waals surface area contributed by atoms with Crippen LogP contribution in [-0.4, -0.2) is 55.5 Å². The van der Waals surface area contributed by atoms with Gasteiger partial charge in [-0.15, -0.1) is 13.2 Å². The van der Waals surface area contributed by atoms with Crippen molar-refractivity contribution in [3.63, 3.8) is 0 Å². The highest BCUT2D eigenvalue weighted by Gasteiger charge is 2.37. The number of hydrogen-bond donors (Lipinski definition) is 3. The van der Waals surface area contributed by atoms with Gasteiger partial charge in [-0.25, -0.2) is 5.48 Å². The first kappa shape index (κ1) is 54.0. The van der Waals surface area contributed by atoms with Crippen molar-refractivity contribution >= 4 is 12.3 Å². The minimum atomic E-state index is -0.381. The lowest BCUT2D eigenvalue weighted by Crippen LogP contribution is -2.53. The average molecular weight is 665 g/mol. The molecule has 1 unspecified atom stereocenters. The second kappa shape index (κ2) is 45.6. The van der Waals surface area contributed by atoms with E-state index < -0.39 is 0 Å². The second-order valence-electron chi connectivity index (χ2n) is 10.2. The number of allylic oxidation sites excluding steroid dienone is 2. The summed E-state index contributed by atoms with van der Waals surface area (Å²) in [5.74, 6) is 0.335. The highest BCUT2D eigenvalue weighted by Crippen LogP contribution is 2.29. The first-order chi connectivity index (χ1) is 22.9. The van der Waals surface area contributed by atoms with Gasteiger partial charge < -0.3 is 15.5 Å². The molecule has 0 aromatic heterocycles. The third-order valence-electron chi connectivity index (χ3n) is 6.66. The first-order valence-electron chi connectivity index (χ1n) is 18.6. The molecular formula is C40H80N4O3. The zero-order valence-corrected chi connectivity index (χ0v) is 33.3. The number of benzene rings is 1. The Kier molecular flexibility index (Phi) is 52.4. The smallest absolute Gasteiger partial charge is 0.245 e. The Bertz CT molecular complexity index is 753. The molecule has 0 bridgehead atoms. The lowest BCUT2D eigenvalue weighted by molar-refractivity contribution is -0.138. The molecule has 1 aromatic carbocycles. The normalized spacial score (nSPS) is 14.9. The number of nitrogens with zero attached hydrogens (tertiary/aromatic N) is 1. The molecule has 0 radical (unpaired) electrons. The van der Waals surface area contributed by atoms with Crippen molar-refractivity contribution in [2.75, 3.05) is 20.1 Å². The Hall–Kier alpha value is -2.48. The molecule has 278 valence electrons. The molecule has 7 heteroatoms. The van der Waals surface area contributed by atoms with E-state index in [1.807, 2.05) is 111 Å². The van der Waals surface area contributed by atoms with Crippen LogP contribution >= 0.6 is 0 Å². The molecule has 1 saturated heterocycles. The van der Waals surface area contributed by atoms with Gasteiger partial charge in [0.15, 0.2) is 0 Å². The van der Waals surface area contributed by atoms with Crippen molar-refractivity contribution in [1.82, 2.24) is 21.0 Å². The minimum Gasteiger partial charge on any atom is -0.347 e. The quantitative estimate of drug-likeness (QED) is 0.0949. The van der Waals surface area contributed by atoms with E-state index in [4.69, 9.17) is 4.84 Å². The Morgan fingerprint density at radius 1 is 0.936 bits per heavy atom. The molecule has 1 aliphatic heterocycles. The van der Waals surface area contributed by atoms with Crippen molar-refractivity contribution in [3.8, 4) is 0 Å². The Morgan fingerprint density at radius 3 is 1.85 bits per heavy atom. The summed E-state index contributed by atoms with van der Waals surface area (Å²) >= 11 is 0. The fourth-order valence-electron chi connectivity index (χ4n) is 4.33. The number of hydroxylamine groups is 1. The molecule has 0 spiro atoms. The van der Waals surface area contributed by atoms with Gasteiger partial charge in [0, 0.05) is 25.2 Å². The Labute approximate surface area is 293 Å². The average Bonchev–Trinajstić information content (AvgIpc) is 3.62. The Morgan fingerprint density at radius 2 is 1.43 bits per heavy atom. The van der Waals surface area contributed by atoms with E-state index in [1.165, 1.54) is 6.42 Å². The van der Waals surface area contributed by atoms with Gasteiger partial charge in [-0.3, -0.25) is 14.4 Å². The SMILES string of the molecule is C=CC.C=CCC.CC.CC.CC.CC.CNC(C)C.O=CN[C@H](C(=O)N1CCCC1CNOCc1ccccc1)C1CCCCC1. The molecule has 1 heterocycles. The van der Waals surface area contributed by atoms with Gasteiger partial charge in [-0.05, 0) is 57.6 Å². The molecule has 1 aromatic rings. The lowest BCUT2D eigenvalue weighted by Gasteiger charge is -2.34. The molecular weight excluding hydrogens is 584 g/mol. The fraction of sp³-hybridized carbons (Fsp3) is 0.700. The molecule has 3 N–H and O–H groups in total. The van der Waals surface area contributed by atoms with Gasteiger partial charge in [0.05, 0.1) is 6.61 Å². The van der Waals surface area contributed by atoms with Gasteiger partial charge >= 0.3 is 0 Å². The summed E-state index contributed by atoms with van der Waals surface area (Å²) in [4.78, 5) is 31.7. The van der Waals surface area contributed by atoms with Gasteiger partial charge in [0.2, 0.25) is 12.3 Å². The molecule has 2 atom stereocenters. The van der Waals surface area contributed by atoms with Crippen molar-refractivity contribution in [2.24, 2.45) is 5.92 Å². The number of amides is 2.